The average molecular weight is 261 g/mol. The molecule has 1 aliphatic heterocycles. The third kappa shape index (κ3) is 3.13. The summed E-state index contributed by atoms with van der Waals surface area (Å²) in [6, 6.07) is 4.15. The highest BCUT2D eigenvalue weighted by Crippen LogP contribution is 2.16. The van der Waals surface area contributed by atoms with Crippen molar-refractivity contribution in [3.63, 3.8) is 0 Å². The lowest BCUT2D eigenvalue weighted by Crippen LogP contribution is -2.42. The van der Waals surface area contributed by atoms with Crippen LogP contribution in [-0.2, 0) is 0 Å². The topological polar surface area (TPSA) is 45.2 Å². The number of rotatable bonds is 4. The van der Waals surface area contributed by atoms with Crippen LogP contribution in [0.15, 0.2) is 12.1 Å². The Labute approximate surface area is 115 Å². The van der Waals surface area contributed by atoms with E-state index in [2.05, 4.69) is 17.2 Å². The Morgan fingerprint density at radius 3 is 2.84 bits per heavy atom. The fourth-order valence-corrected chi connectivity index (χ4v) is 2.66. The van der Waals surface area contributed by atoms with Crippen LogP contribution in [0.5, 0.6) is 0 Å². The Morgan fingerprint density at radius 2 is 2.26 bits per heavy atom. The summed E-state index contributed by atoms with van der Waals surface area (Å²) in [7, 11) is 0. The summed E-state index contributed by atoms with van der Waals surface area (Å²) in [5.74, 6) is 0.126. The first-order valence-corrected chi connectivity index (χ1v) is 7.09. The Kier molecular flexibility index (Phi) is 4.53. The average Bonchev–Trinajstić information content (AvgIpc) is 2.89. The number of carbonyl (C=O) groups is 1. The van der Waals surface area contributed by atoms with Crippen LogP contribution in [0.2, 0.25) is 0 Å². The first-order valence-electron chi connectivity index (χ1n) is 7.09. The fourth-order valence-electron chi connectivity index (χ4n) is 2.66. The molecule has 4 heteroatoms. The van der Waals surface area contributed by atoms with Crippen molar-refractivity contribution in [2.24, 2.45) is 0 Å². The van der Waals surface area contributed by atoms with E-state index in [1.165, 1.54) is 0 Å². The monoisotopic (exact) mass is 261 g/mol. The van der Waals surface area contributed by atoms with Crippen LogP contribution >= 0.6 is 0 Å². The van der Waals surface area contributed by atoms with Gasteiger partial charge in [-0.15, -0.1) is 0 Å². The molecule has 19 heavy (non-hydrogen) atoms. The Morgan fingerprint density at radius 1 is 1.47 bits per heavy atom. The van der Waals surface area contributed by atoms with E-state index in [0.29, 0.717) is 6.04 Å². The summed E-state index contributed by atoms with van der Waals surface area (Å²) >= 11 is 0. The molecule has 1 aromatic heterocycles. The van der Waals surface area contributed by atoms with Crippen LogP contribution in [0, 0.1) is 13.8 Å². The second-order valence-electron chi connectivity index (χ2n) is 5.23. The van der Waals surface area contributed by atoms with E-state index < -0.39 is 0 Å². The quantitative estimate of drug-likeness (QED) is 0.900. The predicted molar refractivity (Wildman–Crippen MR) is 76.3 cm³/mol. The highest BCUT2D eigenvalue weighted by molar-refractivity contribution is 5.95. The maximum Gasteiger partial charge on any atom is 0.255 e. The van der Waals surface area contributed by atoms with Gasteiger partial charge in [-0.3, -0.25) is 9.78 Å². The second-order valence-corrected chi connectivity index (χ2v) is 5.23. The molecule has 1 unspecified atom stereocenters. The first kappa shape index (κ1) is 14.0. The van der Waals surface area contributed by atoms with Crippen molar-refractivity contribution in [3.05, 3.63) is 29.1 Å². The van der Waals surface area contributed by atoms with Gasteiger partial charge in [0.25, 0.3) is 5.91 Å². The van der Waals surface area contributed by atoms with E-state index in [1.807, 2.05) is 30.9 Å². The molecule has 1 atom stereocenters. The van der Waals surface area contributed by atoms with Gasteiger partial charge < -0.3 is 10.2 Å². The van der Waals surface area contributed by atoms with Crippen molar-refractivity contribution in [1.29, 1.82) is 0 Å². The molecule has 0 saturated carbocycles. The molecular formula is C15H23N3O. The third-order valence-electron chi connectivity index (χ3n) is 3.66. The van der Waals surface area contributed by atoms with E-state index in [9.17, 15) is 4.79 Å². The number of amides is 1. The third-order valence-corrected chi connectivity index (χ3v) is 3.66. The smallest absolute Gasteiger partial charge is 0.255 e. The van der Waals surface area contributed by atoms with Crippen molar-refractivity contribution in [1.82, 2.24) is 15.2 Å². The van der Waals surface area contributed by atoms with E-state index in [0.717, 1.165) is 49.4 Å². The van der Waals surface area contributed by atoms with Gasteiger partial charge in [-0.2, -0.15) is 0 Å². The minimum atomic E-state index is 0.126. The van der Waals surface area contributed by atoms with Crippen LogP contribution in [0.25, 0.3) is 0 Å². The largest absolute Gasteiger partial charge is 0.334 e. The van der Waals surface area contributed by atoms with Crippen LogP contribution in [0.4, 0.5) is 0 Å². The maximum absolute atomic E-state index is 12.7. The van der Waals surface area contributed by atoms with E-state index >= 15 is 0 Å². The molecule has 1 aliphatic rings. The predicted octanol–water partition coefficient (Wildman–Crippen LogP) is 1.91. The summed E-state index contributed by atoms with van der Waals surface area (Å²) < 4.78 is 0. The molecule has 0 bridgehead atoms. The minimum Gasteiger partial charge on any atom is -0.334 e. The van der Waals surface area contributed by atoms with Crippen molar-refractivity contribution < 1.29 is 4.79 Å². The zero-order valence-electron chi connectivity index (χ0n) is 12.1. The Balaban J connectivity index is 2.22. The number of pyridine rings is 1. The summed E-state index contributed by atoms with van der Waals surface area (Å²) in [6.45, 7) is 8.71. The zero-order valence-corrected chi connectivity index (χ0v) is 12.1. The first-order chi connectivity index (χ1) is 9.13. The fraction of sp³-hybridized carbons (Fsp3) is 0.600. The molecule has 4 nitrogen and oxygen atoms in total. The maximum atomic E-state index is 12.7. The molecule has 0 spiro atoms. The van der Waals surface area contributed by atoms with Gasteiger partial charge in [0.2, 0.25) is 0 Å². The molecule has 2 rings (SSSR count). The minimum absolute atomic E-state index is 0.126. The molecule has 104 valence electrons. The summed E-state index contributed by atoms with van der Waals surface area (Å²) in [6.07, 6.45) is 2.03. The molecule has 0 aliphatic carbocycles. The number of nitrogens with zero attached hydrogens (tertiary/aromatic N) is 2. The van der Waals surface area contributed by atoms with Gasteiger partial charge in [-0.25, -0.2) is 0 Å². The van der Waals surface area contributed by atoms with Gasteiger partial charge in [0, 0.05) is 24.8 Å². The van der Waals surface area contributed by atoms with E-state index in [1.54, 1.807) is 0 Å². The molecule has 1 fully saturated rings. The Hall–Kier alpha value is -1.42. The lowest BCUT2D eigenvalue weighted by Gasteiger charge is -2.28. The molecule has 0 radical (unpaired) electrons. The van der Waals surface area contributed by atoms with Crippen LogP contribution in [0.1, 0.15) is 41.5 Å². The highest BCUT2D eigenvalue weighted by atomic mass is 16.2. The number of carbonyl (C=O) groups excluding carboxylic acids is 1. The SMILES string of the molecule is CCCN(C(=O)c1ccc(C)nc1C)C1CCNC1. The van der Waals surface area contributed by atoms with Crippen LogP contribution in [-0.4, -0.2) is 41.5 Å². The van der Waals surface area contributed by atoms with Gasteiger partial charge in [0.15, 0.2) is 0 Å². The number of hydrogen-bond acceptors (Lipinski definition) is 3. The van der Waals surface area contributed by atoms with Crippen LogP contribution < -0.4 is 5.32 Å². The molecule has 1 saturated heterocycles. The van der Waals surface area contributed by atoms with E-state index in [4.69, 9.17) is 0 Å². The van der Waals surface area contributed by atoms with Crippen LogP contribution in [0.3, 0.4) is 0 Å². The van der Waals surface area contributed by atoms with Gasteiger partial charge >= 0.3 is 0 Å². The van der Waals surface area contributed by atoms with Gasteiger partial charge in [-0.1, -0.05) is 6.92 Å². The molecular weight excluding hydrogens is 238 g/mol. The second kappa shape index (κ2) is 6.15. The molecule has 1 N–H and O–H groups in total. The van der Waals surface area contributed by atoms with Crippen molar-refractivity contribution in [3.8, 4) is 0 Å². The van der Waals surface area contributed by atoms with Gasteiger partial charge in [0.05, 0.1) is 11.3 Å². The number of aromatic nitrogens is 1. The molecule has 0 aromatic carbocycles. The lowest BCUT2D eigenvalue weighted by atomic mass is 10.1. The summed E-state index contributed by atoms with van der Waals surface area (Å²) in [5.41, 5.74) is 2.53. The lowest BCUT2D eigenvalue weighted by molar-refractivity contribution is 0.0691. The standard InChI is InChI=1S/C15H23N3O/c1-4-9-18(13-7-8-16-10-13)15(19)14-6-5-11(2)17-12(14)3/h5-6,13,16H,4,7-10H2,1-3H3. The van der Waals surface area contributed by atoms with Gasteiger partial charge in [0.1, 0.15) is 0 Å². The van der Waals surface area contributed by atoms with E-state index in [-0.39, 0.29) is 5.91 Å². The number of aryl methyl sites for hydroxylation is 2. The summed E-state index contributed by atoms with van der Waals surface area (Å²) in [4.78, 5) is 19.1. The van der Waals surface area contributed by atoms with Crippen molar-refractivity contribution >= 4 is 5.91 Å². The zero-order chi connectivity index (χ0) is 13.8. The van der Waals surface area contributed by atoms with Gasteiger partial charge in [-0.05, 0) is 45.4 Å². The summed E-state index contributed by atoms with van der Waals surface area (Å²) in [5, 5.41) is 3.33. The van der Waals surface area contributed by atoms with Crippen molar-refractivity contribution in [2.45, 2.75) is 39.7 Å². The van der Waals surface area contributed by atoms with Crippen molar-refractivity contribution in [2.75, 3.05) is 19.6 Å². The molecule has 2 heterocycles. The molecule has 1 aromatic rings. The number of hydrogen-bond donors (Lipinski definition) is 1. The number of nitrogens with one attached hydrogen (secondary N) is 1. The normalized spacial score (nSPS) is 18.6. The Bertz CT molecular complexity index is 453. The molecule has 1 amide bonds. The highest BCUT2D eigenvalue weighted by Gasteiger charge is 2.27.